The van der Waals surface area contributed by atoms with Gasteiger partial charge in [-0.3, -0.25) is 0 Å². The molecule has 0 aliphatic carbocycles. The van der Waals surface area contributed by atoms with Gasteiger partial charge >= 0.3 is 0 Å². The molecule has 4 heteroatoms. The Kier molecular flexibility index (Phi) is 5.00. The van der Waals surface area contributed by atoms with Crippen LogP contribution in [0.5, 0.6) is 0 Å². The molecule has 9 rings (SSSR count). The van der Waals surface area contributed by atoms with E-state index in [4.69, 9.17) is 0 Å². The first-order valence-corrected chi connectivity index (χ1v) is 14.6. The second-order valence-electron chi connectivity index (χ2n) is 11.2. The van der Waals surface area contributed by atoms with Crippen LogP contribution < -0.4 is 0 Å². The van der Waals surface area contributed by atoms with Gasteiger partial charge < -0.3 is 9.13 Å². The van der Waals surface area contributed by atoms with Crippen LogP contribution in [0.1, 0.15) is 11.1 Å². The van der Waals surface area contributed by atoms with Crippen LogP contribution in [0.15, 0.2) is 133 Å². The number of benzene rings is 7. The Balaban J connectivity index is 1.49. The van der Waals surface area contributed by atoms with Crippen molar-refractivity contribution in [1.82, 2.24) is 9.13 Å². The number of para-hydroxylation sites is 2. The molecule has 0 N–H and O–H groups in total. The van der Waals surface area contributed by atoms with E-state index in [1.807, 2.05) is 24.3 Å². The summed E-state index contributed by atoms with van der Waals surface area (Å²) in [5, 5.41) is 30.0. The SMILES string of the molecule is N#Cc1cc(-n2c3ccccc3c3ccc4ccccc4c32)cc(-n2c3ccccc3c3ccc4ccccc4c32)c1C#N. The number of hydrogen-bond acceptors (Lipinski definition) is 2. The van der Waals surface area contributed by atoms with Crippen molar-refractivity contribution in [2.24, 2.45) is 0 Å². The minimum atomic E-state index is 0.345. The van der Waals surface area contributed by atoms with Crippen LogP contribution >= 0.6 is 0 Å². The Hall–Kier alpha value is -6.36. The average Bonchev–Trinajstić information content (AvgIpc) is 3.61. The van der Waals surface area contributed by atoms with E-state index in [2.05, 4.69) is 130 Å². The Labute approximate surface area is 252 Å². The zero-order valence-electron chi connectivity index (χ0n) is 23.5. The summed E-state index contributed by atoms with van der Waals surface area (Å²) in [7, 11) is 0. The summed E-state index contributed by atoms with van der Waals surface area (Å²) >= 11 is 0. The van der Waals surface area contributed by atoms with Gasteiger partial charge in [0.15, 0.2) is 0 Å². The van der Waals surface area contributed by atoms with Crippen LogP contribution in [0.4, 0.5) is 0 Å². The lowest BCUT2D eigenvalue weighted by molar-refractivity contribution is 1.12. The molecule has 0 aliphatic rings. The van der Waals surface area contributed by atoms with Gasteiger partial charge in [0.25, 0.3) is 0 Å². The minimum absolute atomic E-state index is 0.345. The van der Waals surface area contributed by atoms with Gasteiger partial charge in [-0.25, -0.2) is 0 Å². The Morgan fingerprint density at radius 2 is 0.932 bits per heavy atom. The number of nitriles is 2. The third-order valence-corrected chi connectivity index (χ3v) is 8.95. The molecule has 0 aliphatic heterocycles. The van der Waals surface area contributed by atoms with E-state index < -0.39 is 0 Å². The lowest BCUT2D eigenvalue weighted by Crippen LogP contribution is -2.04. The van der Waals surface area contributed by atoms with Gasteiger partial charge in [-0.05, 0) is 35.0 Å². The summed E-state index contributed by atoms with van der Waals surface area (Å²) in [5.74, 6) is 0. The van der Waals surface area contributed by atoms with Crippen molar-refractivity contribution in [3.05, 3.63) is 145 Å². The normalized spacial score (nSPS) is 11.6. The van der Waals surface area contributed by atoms with E-state index in [1.165, 1.54) is 0 Å². The molecule has 2 heterocycles. The van der Waals surface area contributed by atoms with Crippen LogP contribution in [-0.2, 0) is 0 Å². The fourth-order valence-corrected chi connectivity index (χ4v) is 7.10. The maximum Gasteiger partial charge on any atom is 0.103 e. The first kappa shape index (κ1) is 24.3. The van der Waals surface area contributed by atoms with Crippen LogP contribution in [0.2, 0.25) is 0 Å². The molecule has 0 bridgehead atoms. The van der Waals surface area contributed by atoms with Crippen molar-refractivity contribution in [3.8, 4) is 23.5 Å². The first-order valence-electron chi connectivity index (χ1n) is 14.6. The predicted octanol–water partition coefficient (Wildman–Crippen LogP) is 9.93. The molecule has 0 spiro atoms. The molecule has 7 aromatic carbocycles. The van der Waals surface area contributed by atoms with Crippen molar-refractivity contribution in [1.29, 1.82) is 10.5 Å². The van der Waals surface area contributed by atoms with Crippen molar-refractivity contribution >= 4 is 65.2 Å². The lowest BCUT2D eigenvalue weighted by Gasteiger charge is -2.16. The van der Waals surface area contributed by atoms with E-state index in [9.17, 15) is 10.5 Å². The molecule has 0 fully saturated rings. The highest BCUT2D eigenvalue weighted by Crippen LogP contribution is 2.41. The fraction of sp³-hybridized carbons (Fsp3) is 0. The van der Waals surface area contributed by atoms with Gasteiger partial charge in [0, 0.05) is 38.0 Å². The zero-order valence-corrected chi connectivity index (χ0v) is 23.5. The van der Waals surface area contributed by atoms with Gasteiger partial charge in [-0.1, -0.05) is 109 Å². The second-order valence-corrected chi connectivity index (χ2v) is 11.2. The van der Waals surface area contributed by atoms with Gasteiger partial charge in [0.2, 0.25) is 0 Å². The fourth-order valence-electron chi connectivity index (χ4n) is 7.10. The van der Waals surface area contributed by atoms with Gasteiger partial charge in [-0.2, -0.15) is 10.5 Å². The summed E-state index contributed by atoms with van der Waals surface area (Å²) in [4.78, 5) is 0. The summed E-state index contributed by atoms with van der Waals surface area (Å²) < 4.78 is 4.44. The lowest BCUT2D eigenvalue weighted by atomic mass is 10.0. The van der Waals surface area contributed by atoms with Gasteiger partial charge in [-0.15, -0.1) is 0 Å². The number of fused-ring (bicyclic) bond motifs is 10. The zero-order chi connectivity index (χ0) is 29.4. The Morgan fingerprint density at radius 1 is 0.432 bits per heavy atom. The third kappa shape index (κ3) is 3.20. The molecule has 0 saturated heterocycles. The van der Waals surface area contributed by atoms with Crippen LogP contribution in [-0.4, -0.2) is 9.13 Å². The van der Waals surface area contributed by atoms with Crippen molar-refractivity contribution < 1.29 is 0 Å². The van der Waals surface area contributed by atoms with E-state index in [0.29, 0.717) is 16.8 Å². The van der Waals surface area contributed by atoms with Gasteiger partial charge in [0.1, 0.15) is 12.1 Å². The van der Waals surface area contributed by atoms with E-state index in [0.717, 1.165) is 70.8 Å². The molecule has 0 atom stereocenters. The van der Waals surface area contributed by atoms with Crippen LogP contribution in [0, 0.1) is 22.7 Å². The van der Waals surface area contributed by atoms with E-state index in [1.54, 1.807) is 0 Å². The second kappa shape index (κ2) is 9.07. The smallest absolute Gasteiger partial charge is 0.103 e. The van der Waals surface area contributed by atoms with Gasteiger partial charge in [0.05, 0.1) is 38.9 Å². The summed E-state index contributed by atoms with van der Waals surface area (Å²) in [5.41, 5.74) is 6.37. The Morgan fingerprint density at radius 3 is 1.50 bits per heavy atom. The molecule has 0 amide bonds. The van der Waals surface area contributed by atoms with E-state index >= 15 is 0 Å². The first-order chi connectivity index (χ1) is 21.8. The maximum atomic E-state index is 10.6. The van der Waals surface area contributed by atoms with Crippen molar-refractivity contribution in [2.75, 3.05) is 0 Å². The Bertz CT molecular complexity index is 2740. The topological polar surface area (TPSA) is 57.4 Å². The number of rotatable bonds is 2. The highest BCUT2D eigenvalue weighted by molar-refractivity contribution is 6.20. The molecular weight excluding hydrogens is 536 g/mol. The highest BCUT2D eigenvalue weighted by Gasteiger charge is 2.22. The molecule has 2 aromatic heterocycles. The molecular formula is C40H22N4. The molecule has 0 unspecified atom stereocenters. The number of hydrogen-bond donors (Lipinski definition) is 0. The standard InChI is InChI=1S/C40H22N4/c41-23-27-21-28(43-36-15-7-5-13-31(36)33-19-17-25-9-1-3-11-29(25)39(33)43)22-38(35(27)24-42)44-37-16-8-6-14-32(37)34-20-18-26-10-2-4-12-30(26)40(34)44/h1-22H. The average molecular weight is 559 g/mol. The summed E-state index contributed by atoms with van der Waals surface area (Å²) in [6.45, 7) is 0. The number of aromatic nitrogens is 2. The molecule has 202 valence electrons. The van der Waals surface area contributed by atoms with Crippen molar-refractivity contribution in [3.63, 3.8) is 0 Å². The minimum Gasteiger partial charge on any atom is -0.308 e. The highest BCUT2D eigenvalue weighted by atomic mass is 15.0. The molecule has 0 radical (unpaired) electrons. The molecule has 0 saturated carbocycles. The molecule has 44 heavy (non-hydrogen) atoms. The van der Waals surface area contributed by atoms with Crippen LogP contribution in [0.3, 0.4) is 0 Å². The maximum absolute atomic E-state index is 10.6. The van der Waals surface area contributed by atoms with Crippen LogP contribution in [0.25, 0.3) is 76.5 Å². The molecule has 9 aromatic rings. The third-order valence-electron chi connectivity index (χ3n) is 8.95. The summed E-state index contributed by atoms with van der Waals surface area (Å²) in [6, 6.07) is 50.8. The van der Waals surface area contributed by atoms with E-state index in [-0.39, 0.29) is 0 Å². The predicted molar refractivity (Wildman–Crippen MR) is 180 cm³/mol. The largest absolute Gasteiger partial charge is 0.308 e. The molecule has 4 nitrogen and oxygen atoms in total. The number of nitrogens with zero attached hydrogens (tertiary/aromatic N) is 4. The summed E-state index contributed by atoms with van der Waals surface area (Å²) in [6.07, 6.45) is 0. The monoisotopic (exact) mass is 558 g/mol. The van der Waals surface area contributed by atoms with Crippen molar-refractivity contribution in [2.45, 2.75) is 0 Å². The quantitative estimate of drug-likeness (QED) is 0.212.